The number of rotatable bonds is 6. The third-order valence-electron chi connectivity index (χ3n) is 8.07. The van der Waals surface area contributed by atoms with Crippen molar-refractivity contribution >= 4 is 29.3 Å². The van der Waals surface area contributed by atoms with E-state index in [0.29, 0.717) is 56.0 Å². The number of carbonyl (C=O) groups is 4. The summed E-state index contributed by atoms with van der Waals surface area (Å²) in [5.41, 5.74) is 2.65. The number of imide groups is 1. The highest BCUT2D eigenvalue weighted by Crippen LogP contribution is 2.33. The SMILES string of the molecule is C=C1CCC(N2C(=O)c3cccc(NCc4cnn(C5CCN(C(=O)[C@H]6CCCO6)CC5)c4)c3C2=O)C(=O)N1. The number of ether oxygens (including phenoxy) is 1. The standard InChI is InChI=1S/C28H32N6O5/c1-17-7-8-22(25(35)31-17)34-26(36)20-4-2-5-21(24(20)28(34)38)29-14-18-15-30-33(16-18)19-9-11-32(12-10-19)27(37)23-6-3-13-39-23/h2,4-5,15-16,19,22-23,29H,1,3,6-14H2,(H,31,35)/t22?,23-/m1/s1. The number of piperidine rings is 2. The molecule has 11 heteroatoms. The molecule has 1 aromatic carbocycles. The normalized spacial score (nSPS) is 23.8. The number of aromatic nitrogens is 2. The fourth-order valence-corrected chi connectivity index (χ4v) is 5.93. The van der Waals surface area contributed by atoms with Crippen molar-refractivity contribution < 1.29 is 23.9 Å². The molecule has 0 bridgehead atoms. The highest BCUT2D eigenvalue weighted by atomic mass is 16.5. The van der Waals surface area contributed by atoms with Gasteiger partial charge < -0.3 is 20.3 Å². The zero-order valence-electron chi connectivity index (χ0n) is 21.7. The molecular weight excluding hydrogens is 500 g/mol. The molecule has 4 aliphatic rings. The molecule has 0 saturated carbocycles. The van der Waals surface area contributed by atoms with Crippen molar-refractivity contribution in [1.82, 2.24) is 24.9 Å². The number of hydrogen-bond acceptors (Lipinski definition) is 7. The van der Waals surface area contributed by atoms with Gasteiger partial charge in [-0.25, -0.2) is 0 Å². The maximum atomic E-state index is 13.3. The van der Waals surface area contributed by atoms with Crippen molar-refractivity contribution in [3.8, 4) is 0 Å². The number of allylic oxidation sites excluding steroid dienone is 1. The summed E-state index contributed by atoms with van der Waals surface area (Å²) < 4.78 is 7.50. The fraction of sp³-hybridized carbons (Fsp3) is 0.464. The second-order valence-electron chi connectivity index (χ2n) is 10.6. The lowest BCUT2D eigenvalue weighted by molar-refractivity contribution is -0.142. The van der Waals surface area contributed by atoms with Crippen LogP contribution in [0.3, 0.4) is 0 Å². The third-order valence-corrected chi connectivity index (χ3v) is 8.07. The Morgan fingerprint density at radius 3 is 2.69 bits per heavy atom. The van der Waals surface area contributed by atoms with Crippen LogP contribution < -0.4 is 10.6 Å². The van der Waals surface area contributed by atoms with Gasteiger partial charge in [-0.2, -0.15) is 5.10 Å². The first kappa shape index (κ1) is 25.3. The van der Waals surface area contributed by atoms with E-state index in [1.54, 1.807) is 24.4 Å². The Hall–Kier alpha value is -3.99. The summed E-state index contributed by atoms with van der Waals surface area (Å²) in [6.07, 6.45) is 7.78. The van der Waals surface area contributed by atoms with Crippen molar-refractivity contribution in [3.63, 3.8) is 0 Å². The summed E-state index contributed by atoms with van der Waals surface area (Å²) in [7, 11) is 0. The molecule has 39 heavy (non-hydrogen) atoms. The van der Waals surface area contributed by atoms with E-state index in [-0.39, 0.29) is 29.5 Å². The highest BCUT2D eigenvalue weighted by molar-refractivity contribution is 6.25. The molecule has 2 N–H and O–H groups in total. The van der Waals surface area contributed by atoms with Gasteiger partial charge >= 0.3 is 0 Å². The van der Waals surface area contributed by atoms with Gasteiger partial charge in [-0.15, -0.1) is 0 Å². The van der Waals surface area contributed by atoms with Crippen LogP contribution in [0.25, 0.3) is 0 Å². The van der Waals surface area contributed by atoms with Crippen molar-refractivity contribution in [1.29, 1.82) is 0 Å². The summed E-state index contributed by atoms with van der Waals surface area (Å²) in [6.45, 7) is 6.22. The summed E-state index contributed by atoms with van der Waals surface area (Å²) >= 11 is 0. The van der Waals surface area contributed by atoms with Crippen LogP contribution >= 0.6 is 0 Å². The number of carbonyl (C=O) groups excluding carboxylic acids is 4. The first-order valence-corrected chi connectivity index (χ1v) is 13.6. The van der Waals surface area contributed by atoms with Crippen LogP contribution in [-0.2, 0) is 20.9 Å². The largest absolute Gasteiger partial charge is 0.380 e. The summed E-state index contributed by atoms with van der Waals surface area (Å²) in [6, 6.07) is 4.48. The molecule has 3 fully saturated rings. The minimum atomic E-state index is -0.846. The lowest BCUT2D eigenvalue weighted by atomic mass is 10.0. The van der Waals surface area contributed by atoms with Gasteiger partial charge in [0.05, 0.1) is 23.4 Å². The number of fused-ring (bicyclic) bond motifs is 1. The van der Waals surface area contributed by atoms with Gasteiger partial charge in [0.25, 0.3) is 17.7 Å². The number of anilines is 1. The van der Waals surface area contributed by atoms with Crippen LogP contribution in [0.5, 0.6) is 0 Å². The first-order chi connectivity index (χ1) is 18.9. The minimum Gasteiger partial charge on any atom is -0.380 e. The number of amides is 4. The van der Waals surface area contributed by atoms with Gasteiger partial charge in [0, 0.05) is 49.4 Å². The second-order valence-corrected chi connectivity index (χ2v) is 10.6. The molecule has 0 spiro atoms. The number of nitrogens with one attached hydrogen (secondary N) is 2. The first-order valence-electron chi connectivity index (χ1n) is 13.6. The third kappa shape index (κ3) is 4.71. The predicted molar refractivity (Wildman–Crippen MR) is 141 cm³/mol. The molecule has 2 atom stereocenters. The van der Waals surface area contributed by atoms with E-state index in [1.807, 2.05) is 15.8 Å². The topological polar surface area (TPSA) is 126 Å². The van der Waals surface area contributed by atoms with Gasteiger partial charge in [-0.1, -0.05) is 12.6 Å². The van der Waals surface area contributed by atoms with E-state index in [9.17, 15) is 19.2 Å². The van der Waals surface area contributed by atoms with Crippen molar-refractivity contribution in [2.24, 2.45) is 0 Å². The molecule has 11 nitrogen and oxygen atoms in total. The molecule has 0 aliphatic carbocycles. The Morgan fingerprint density at radius 2 is 1.95 bits per heavy atom. The molecule has 1 unspecified atom stereocenters. The van der Waals surface area contributed by atoms with Gasteiger partial charge in [0.2, 0.25) is 5.91 Å². The lowest BCUT2D eigenvalue weighted by Gasteiger charge is -2.33. The van der Waals surface area contributed by atoms with E-state index in [2.05, 4.69) is 22.3 Å². The molecule has 0 radical (unpaired) electrons. The van der Waals surface area contributed by atoms with Gasteiger partial charge in [0.1, 0.15) is 12.1 Å². The zero-order chi connectivity index (χ0) is 27.1. The average molecular weight is 533 g/mol. The number of benzene rings is 1. The average Bonchev–Trinajstić information content (AvgIpc) is 3.69. The minimum absolute atomic E-state index is 0.105. The molecular formula is C28H32N6O5. The molecule has 2 aromatic rings. The summed E-state index contributed by atoms with van der Waals surface area (Å²) in [4.78, 5) is 54.6. The molecule has 5 heterocycles. The highest BCUT2D eigenvalue weighted by Gasteiger charge is 2.45. The molecule has 3 saturated heterocycles. The lowest BCUT2D eigenvalue weighted by Crippen LogP contribution is -2.51. The van der Waals surface area contributed by atoms with E-state index in [0.717, 1.165) is 36.1 Å². The predicted octanol–water partition coefficient (Wildman–Crippen LogP) is 2.23. The van der Waals surface area contributed by atoms with Crippen LogP contribution in [0.15, 0.2) is 42.9 Å². The van der Waals surface area contributed by atoms with Gasteiger partial charge in [-0.3, -0.25) is 28.8 Å². The Labute approximate surface area is 226 Å². The fourth-order valence-electron chi connectivity index (χ4n) is 5.93. The Balaban J connectivity index is 1.09. The van der Waals surface area contributed by atoms with E-state index in [1.165, 1.54) is 0 Å². The number of hydrogen-bond donors (Lipinski definition) is 2. The van der Waals surface area contributed by atoms with Crippen LogP contribution in [0, 0.1) is 0 Å². The van der Waals surface area contributed by atoms with Crippen molar-refractivity contribution in [3.05, 3.63) is 59.6 Å². The van der Waals surface area contributed by atoms with E-state index < -0.39 is 17.9 Å². The summed E-state index contributed by atoms with van der Waals surface area (Å²) in [5, 5.41) is 10.5. The Bertz CT molecular complexity index is 1340. The van der Waals surface area contributed by atoms with Crippen LogP contribution in [0.2, 0.25) is 0 Å². The quantitative estimate of drug-likeness (QED) is 0.547. The van der Waals surface area contributed by atoms with E-state index >= 15 is 0 Å². The molecule has 4 aliphatic heterocycles. The smallest absolute Gasteiger partial charge is 0.264 e. The molecule has 6 rings (SSSR count). The van der Waals surface area contributed by atoms with Crippen LogP contribution in [0.1, 0.15) is 70.8 Å². The second kappa shape index (κ2) is 10.3. The van der Waals surface area contributed by atoms with Crippen molar-refractivity contribution in [2.45, 2.75) is 63.3 Å². The maximum Gasteiger partial charge on any atom is 0.264 e. The van der Waals surface area contributed by atoms with E-state index in [4.69, 9.17) is 4.74 Å². The molecule has 1 aromatic heterocycles. The maximum absolute atomic E-state index is 13.3. The monoisotopic (exact) mass is 532 g/mol. The zero-order valence-corrected chi connectivity index (χ0v) is 21.7. The number of likely N-dealkylation sites (tertiary alicyclic amines) is 1. The number of nitrogens with zero attached hydrogens (tertiary/aromatic N) is 4. The molecule has 4 amide bonds. The van der Waals surface area contributed by atoms with Gasteiger partial charge in [-0.05, 0) is 50.7 Å². The van der Waals surface area contributed by atoms with Crippen molar-refractivity contribution in [2.75, 3.05) is 25.0 Å². The van der Waals surface area contributed by atoms with Crippen LogP contribution in [0.4, 0.5) is 5.69 Å². The van der Waals surface area contributed by atoms with Crippen LogP contribution in [-0.4, -0.2) is 75.1 Å². The molecule has 204 valence electrons. The Morgan fingerprint density at radius 1 is 1.13 bits per heavy atom. The summed E-state index contributed by atoms with van der Waals surface area (Å²) in [5.74, 6) is -1.20. The Kier molecular flexibility index (Phi) is 6.68. The van der Waals surface area contributed by atoms with Gasteiger partial charge in [0.15, 0.2) is 0 Å².